The molecule has 3 aromatic rings. The highest BCUT2D eigenvalue weighted by Crippen LogP contribution is 2.31. The Hall–Kier alpha value is -4.26. The highest BCUT2D eigenvalue weighted by molar-refractivity contribution is 6.36. The molecule has 0 unspecified atom stereocenters. The molecule has 7 heteroatoms. The largest absolute Gasteiger partial charge is 0.350 e. The van der Waals surface area contributed by atoms with Crippen LogP contribution in [0.2, 0.25) is 0 Å². The van der Waals surface area contributed by atoms with Gasteiger partial charge in [0.25, 0.3) is 11.8 Å². The first-order chi connectivity index (χ1) is 15.0. The number of nitrogens with one attached hydrogen (secondary N) is 2. The zero-order chi connectivity index (χ0) is 21.8. The molecule has 2 N–H and O–H groups in total. The number of anilines is 2. The number of carbonyl (C=O) groups is 3. The molecule has 1 aliphatic rings. The Kier molecular flexibility index (Phi) is 5.57. The maximum absolute atomic E-state index is 13.2. The maximum Gasteiger partial charge on any atom is 0.278 e. The number of imide groups is 1. The fourth-order valence-corrected chi connectivity index (χ4v) is 3.35. The molecule has 0 saturated carbocycles. The van der Waals surface area contributed by atoms with Crippen LogP contribution in [0.25, 0.3) is 5.57 Å². The third kappa shape index (κ3) is 4.35. The molecule has 0 saturated heterocycles. The normalized spacial score (nSPS) is 13.5. The summed E-state index contributed by atoms with van der Waals surface area (Å²) in [6.07, 6.45) is 1.63. The molecular weight excluding hydrogens is 392 g/mol. The van der Waals surface area contributed by atoms with Crippen molar-refractivity contribution in [3.8, 4) is 0 Å². The summed E-state index contributed by atoms with van der Waals surface area (Å²) < 4.78 is 0. The molecule has 1 aliphatic heterocycles. The highest BCUT2D eigenvalue weighted by Gasteiger charge is 2.39. The number of hydrogen-bond acceptors (Lipinski definition) is 5. The van der Waals surface area contributed by atoms with E-state index in [9.17, 15) is 14.4 Å². The third-order valence-corrected chi connectivity index (χ3v) is 4.75. The Morgan fingerprint density at radius 3 is 2.19 bits per heavy atom. The second-order valence-corrected chi connectivity index (χ2v) is 7.02. The quantitative estimate of drug-likeness (QED) is 0.606. The number of benzene rings is 2. The van der Waals surface area contributed by atoms with Gasteiger partial charge < -0.3 is 10.6 Å². The van der Waals surface area contributed by atoms with E-state index < -0.39 is 5.91 Å². The van der Waals surface area contributed by atoms with Gasteiger partial charge in [-0.1, -0.05) is 36.4 Å². The zero-order valence-electron chi connectivity index (χ0n) is 16.8. The first kappa shape index (κ1) is 20.0. The molecule has 0 atom stereocenters. The van der Waals surface area contributed by atoms with Crippen molar-refractivity contribution in [1.29, 1.82) is 0 Å². The van der Waals surface area contributed by atoms with Crippen LogP contribution in [0, 0.1) is 0 Å². The number of aromatic nitrogens is 1. The van der Waals surface area contributed by atoms with Gasteiger partial charge in [-0.25, -0.2) is 0 Å². The first-order valence-electron chi connectivity index (χ1n) is 9.73. The van der Waals surface area contributed by atoms with Gasteiger partial charge in [0, 0.05) is 24.5 Å². The van der Waals surface area contributed by atoms with Gasteiger partial charge in [-0.2, -0.15) is 0 Å². The number of carbonyl (C=O) groups excluding carboxylic acids is 3. The predicted octanol–water partition coefficient (Wildman–Crippen LogP) is 3.43. The molecule has 4 rings (SSSR count). The maximum atomic E-state index is 13.2. The number of rotatable bonds is 6. The predicted molar refractivity (Wildman–Crippen MR) is 118 cm³/mol. The summed E-state index contributed by atoms with van der Waals surface area (Å²) in [7, 11) is 0. The molecule has 7 nitrogen and oxygen atoms in total. The van der Waals surface area contributed by atoms with E-state index in [1.165, 1.54) is 11.8 Å². The Bertz CT molecular complexity index is 1160. The van der Waals surface area contributed by atoms with Crippen LogP contribution in [0.4, 0.5) is 11.4 Å². The summed E-state index contributed by atoms with van der Waals surface area (Å²) in [4.78, 5) is 43.1. The molecule has 0 spiro atoms. The summed E-state index contributed by atoms with van der Waals surface area (Å²) in [6.45, 7) is 1.52. The van der Waals surface area contributed by atoms with E-state index in [-0.39, 0.29) is 24.1 Å². The Labute approximate surface area is 179 Å². The average molecular weight is 412 g/mol. The Morgan fingerprint density at radius 2 is 1.55 bits per heavy atom. The van der Waals surface area contributed by atoms with Crippen LogP contribution in [0.5, 0.6) is 0 Å². The van der Waals surface area contributed by atoms with Crippen molar-refractivity contribution in [1.82, 2.24) is 9.88 Å². The van der Waals surface area contributed by atoms with E-state index in [1.54, 1.807) is 54.7 Å². The van der Waals surface area contributed by atoms with Gasteiger partial charge in [0.1, 0.15) is 5.70 Å². The van der Waals surface area contributed by atoms with E-state index in [0.717, 1.165) is 0 Å². The fourth-order valence-electron chi connectivity index (χ4n) is 3.35. The van der Waals surface area contributed by atoms with Crippen molar-refractivity contribution in [2.45, 2.75) is 13.5 Å². The number of hydrogen-bond donors (Lipinski definition) is 2. The van der Waals surface area contributed by atoms with Crippen molar-refractivity contribution in [2.75, 3.05) is 10.6 Å². The van der Waals surface area contributed by atoms with E-state index >= 15 is 0 Å². The topological polar surface area (TPSA) is 91.4 Å². The van der Waals surface area contributed by atoms with Crippen LogP contribution in [-0.4, -0.2) is 27.6 Å². The second-order valence-electron chi connectivity index (χ2n) is 7.02. The van der Waals surface area contributed by atoms with Crippen LogP contribution in [-0.2, 0) is 20.9 Å². The van der Waals surface area contributed by atoms with E-state index in [0.29, 0.717) is 28.2 Å². The summed E-state index contributed by atoms with van der Waals surface area (Å²) in [5.74, 6) is -0.962. The molecule has 1 aromatic heterocycles. The van der Waals surface area contributed by atoms with Crippen LogP contribution >= 0.6 is 0 Å². The van der Waals surface area contributed by atoms with Crippen LogP contribution in [0.1, 0.15) is 18.2 Å². The van der Waals surface area contributed by atoms with Crippen molar-refractivity contribution in [3.05, 3.63) is 95.9 Å². The number of amides is 3. The van der Waals surface area contributed by atoms with Gasteiger partial charge >= 0.3 is 0 Å². The third-order valence-electron chi connectivity index (χ3n) is 4.75. The van der Waals surface area contributed by atoms with Gasteiger partial charge in [-0.3, -0.25) is 24.3 Å². The van der Waals surface area contributed by atoms with Gasteiger partial charge in [0.15, 0.2) is 0 Å². The van der Waals surface area contributed by atoms with Crippen LogP contribution < -0.4 is 10.6 Å². The van der Waals surface area contributed by atoms with E-state index in [4.69, 9.17) is 0 Å². The smallest absolute Gasteiger partial charge is 0.278 e. The fraction of sp³-hybridized carbons (Fsp3) is 0.0833. The summed E-state index contributed by atoms with van der Waals surface area (Å²) in [5.41, 5.74) is 3.06. The molecule has 0 radical (unpaired) electrons. The monoisotopic (exact) mass is 412 g/mol. The standard InChI is InChI=1S/C24H20N4O3/c1-16(29)26-18-10-12-19(13-11-18)27-22-21(17-7-3-2-4-8-17)23(30)28(24(22)31)15-20-9-5-6-14-25-20/h2-14,27H,15H2,1H3,(H,26,29). The molecule has 2 heterocycles. The Morgan fingerprint density at radius 1 is 0.871 bits per heavy atom. The number of nitrogens with zero attached hydrogens (tertiary/aromatic N) is 2. The molecule has 0 fully saturated rings. The lowest BCUT2D eigenvalue weighted by atomic mass is 10.0. The van der Waals surface area contributed by atoms with Gasteiger partial charge in [-0.05, 0) is 42.0 Å². The SMILES string of the molecule is CC(=O)Nc1ccc(NC2=C(c3ccccc3)C(=O)N(Cc3ccccn3)C2=O)cc1. The summed E-state index contributed by atoms with van der Waals surface area (Å²) >= 11 is 0. The Balaban J connectivity index is 1.67. The minimum atomic E-state index is -0.416. The highest BCUT2D eigenvalue weighted by atomic mass is 16.2. The summed E-state index contributed by atoms with van der Waals surface area (Å²) in [5, 5.41) is 5.80. The second kappa shape index (κ2) is 8.62. The zero-order valence-corrected chi connectivity index (χ0v) is 16.8. The molecule has 0 bridgehead atoms. The van der Waals surface area contributed by atoms with Crippen molar-refractivity contribution in [3.63, 3.8) is 0 Å². The lowest BCUT2D eigenvalue weighted by molar-refractivity contribution is -0.137. The molecule has 3 amide bonds. The molecule has 154 valence electrons. The molecule has 0 aliphatic carbocycles. The minimum Gasteiger partial charge on any atom is -0.350 e. The minimum absolute atomic E-state index is 0.0848. The summed E-state index contributed by atoms with van der Waals surface area (Å²) in [6, 6.07) is 21.4. The van der Waals surface area contributed by atoms with E-state index in [1.807, 2.05) is 24.3 Å². The average Bonchev–Trinajstić information content (AvgIpc) is 3.00. The lowest BCUT2D eigenvalue weighted by Crippen LogP contribution is -2.32. The van der Waals surface area contributed by atoms with Crippen LogP contribution in [0.3, 0.4) is 0 Å². The molecule has 2 aromatic carbocycles. The van der Waals surface area contributed by atoms with Crippen molar-refractivity contribution < 1.29 is 14.4 Å². The van der Waals surface area contributed by atoms with Crippen molar-refractivity contribution >= 4 is 34.7 Å². The van der Waals surface area contributed by atoms with Crippen LogP contribution in [0.15, 0.2) is 84.7 Å². The number of pyridine rings is 1. The lowest BCUT2D eigenvalue weighted by Gasteiger charge is -2.15. The van der Waals surface area contributed by atoms with Crippen molar-refractivity contribution in [2.24, 2.45) is 0 Å². The van der Waals surface area contributed by atoms with Gasteiger partial charge in [0.05, 0.1) is 17.8 Å². The van der Waals surface area contributed by atoms with Gasteiger partial charge in [0.2, 0.25) is 5.91 Å². The molecule has 31 heavy (non-hydrogen) atoms. The molecular formula is C24H20N4O3. The van der Waals surface area contributed by atoms with Gasteiger partial charge in [-0.15, -0.1) is 0 Å². The first-order valence-corrected chi connectivity index (χ1v) is 9.73. The van der Waals surface area contributed by atoms with E-state index in [2.05, 4.69) is 15.6 Å².